The Morgan fingerprint density at radius 1 is 1.50 bits per heavy atom. The fraction of sp³-hybridized carbons (Fsp3) is 0.357. The summed E-state index contributed by atoms with van der Waals surface area (Å²) in [4.78, 5) is 33.4. The standard InChI is InChI=1S/C14H16N4O4/c1-9(5-6-15)13(14(16)20)17-12(19)8-10-3-2-4-11(7-10)18(21)22/h2-4,7,9,13H,5,8H2,1H3,(H2,16,20)(H,17,19)/t9-,13-/m1/s1. The number of hydrogen-bond acceptors (Lipinski definition) is 5. The van der Waals surface area contributed by atoms with E-state index in [2.05, 4.69) is 5.32 Å². The normalized spacial score (nSPS) is 12.7. The van der Waals surface area contributed by atoms with Crippen molar-refractivity contribution in [3.8, 4) is 6.07 Å². The maximum absolute atomic E-state index is 11.9. The van der Waals surface area contributed by atoms with E-state index in [0.717, 1.165) is 0 Å². The number of benzene rings is 1. The van der Waals surface area contributed by atoms with E-state index in [1.165, 1.54) is 18.2 Å². The summed E-state index contributed by atoms with van der Waals surface area (Å²) in [5.41, 5.74) is 5.55. The molecular weight excluding hydrogens is 288 g/mol. The molecule has 0 fully saturated rings. The smallest absolute Gasteiger partial charge is 0.269 e. The molecule has 0 aliphatic carbocycles. The van der Waals surface area contributed by atoms with Crippen molar-refractivity contribution in [2.45, 2.75) is 25.8 Å². The van der Waals surface area contributed by atoms with Crippen molar-refractivity contribution in [1.82, 2.24) is 5.32 Å². The van der Waals surface area contributed by atoms with Gasteiger partial charge in [-0.05, 0) is 11.5 Å². The van der Waals surface area contributed by atoms with Crippen molar-refractivity contribution in [2.75, 3.05) is 0 Å². The third-order valence-electron chi connectivity index (χ3n) is 3.09. The van der Waals surface area contributed by atoms with E-state index >= 15 is 0 Å². The van der Waals surface area contributed by atoms with Crippen molar-refractivity contribution in [1.29, 1.82) is 5.26 Å². The zero-order chi connectivity index (χ0) is 16.7. The van der Waals surface area contributed by atoms with E-state index in [4.69, 9.17) is 11.0 Å². The second-order valence-electron chi connectivity index (χ2n) is 4.89. The van der Waals surface area contributed by atoms with Gasteiger partial charge in [0.2, 0.25) is 11.8 Å². The molecule has 116 valence electrons. The third kappa shape index (κ3) is 4.86. The molecule has 1 aromatic carbocycles. The molecule has 0 heterocycles. The molecule has 8 nitrogen and oxygen atoms in total. The third-order valence-corrected chi connectivity index (χ3v) is 3.09. The zero-order valence-corrected chi connectivity index (χ0v) is 12.0. The Kier molecular flexibility index (Phi) is 6.01. The molecule has 8 heteroatoms. The lowest BCUT2D eigenvalue weighted by atomic mass is 9.98. The van der Waals surface area contributed by atoms with Crippen LogP contribution in [0.1, 0.15) is 18.9 Å². The quantitative estimate of drug-likeness (QED) is 0.562. The highest BCUT2D eigenvalue weighted by Gasteiger charge is 2.24. The van der Waals surface area contributed by atoms with E-state index in [-0.39, 0.29) is 18.5 Å². The van der Waals surface area contributed by atoms with Crippen LogP contribution in [0, 0.1) is 27.4 Å². The molecule has 0 saturated carbocycles. The van der Waals surface area contributed by atoms with Gasteiger partial charge in [-0.1, -0.05) is 19.1 Å². The second kappa shape index (κ2) is 7.73. The number of primary amides is 1. The molecule has 22 heavy (non-hydrogen) atoms. The summed E-state index contributed by atoms with van der Waals surface area (Å²) >= 11 is 0. The molecule has 2 atom stereocenters. The molecule has 0 radical (unpaired) electrons. The lowest BCUT2D eigenvalue weighted by Crippen LogP contribution is -2.48. The van der Waals surface area contributed by atoms with Crippen LogP contribution in [-0.4, -0.2) is 22.8 Å². The fourth-order valence-corrected chi connectivity index (χ4v) is 1.95. The lowest BCUT2D eigenvalue weighted by Gasteiger charge is -2.20. The van der Waals surface area contributed by atoms with Crippen LogP contribution in [0.3, 0.4) is 0 Å². The first kappa shape index (κ1) is 17.1. The summed E-state index contributed by atoms with van der Waals surface area (Å²) < 4.78 is 0. The predicted molar refractivity (Wildman–Crippen MR) is 77.3 cm³/mol. The van der Waals surface area contributed by atoms with Crippen molar-refractivity contribution in [3.05, 3.63) is 39.9 Å². The Morgan fingerprint density at radius 3 is 2.73 bits per heavy atom. The van der Waals surface area contributed by atoms with Gasteiger partial charge < -0.3 is 11.1 Å². The van der Waals surface area contributed by atoms with E-state index in [9.17, 15) is 19.7 Å². The predicted octanol–water partition coefficient (Wildman–Crippen LogP) is 0.657. The van der Waals surface area contributed by atoms with Gasteiger partial charge in [0.05, 0.1) is 17.4 Å². The van der Waals surface area contributed by atoms with Gasteiger partial charge in [-0.25, -0.2) is 0 Å². The number of nitro groups is 1. The van der Waals surface area contributed by atoms with Crippen LogP contribution in [-0.2, 0) is 16.0 Å². The molecule has 0 spiro atoms. The van der Waals surface area contributed by atoms with Crippen LogP contribution in [0.5, 0.6) is 0 Å². The number of nitrogens with zero attached hydrogens (tertiary/aromatic N) is 2. The summed E-state index contributed by atoms with van der Waals surface area (Å²) in [6.45, 7) is 1.63. The van der Waals surface area contributed by atoms with E-state index in [0.29, 0.717) is 5.56 Å². The van der Waals surface area contributed by atoms with Crippen LogP contribution in [0.4, 0.5) is 5.69 Å². The first-order valence-electron chi connectivity index (χ1n) is 6.54. The number of amides is 2. The van der Waals surface area contributed by atoms with Gasteiger partial charge in [-0.15, -0.1) is 0 Å². The summed E-state index contributed by atoms with van der Waals surface area (Å²) in [5, 5.41) is 21.8. The minimum Gasteiger partial charge on any atom is -0.368 e. The molecule has 0 aliphatic rings. The number of carbonyl (C=O) groups excluding carboxylic acids is 2. The number of nitriles is 1. The van der Waals surface area contributed by atoms with Gasteiger partial charge in [0.25, 0.3) is 5.69 Å². The number of hydrogen-bond donors (Lipinski definition) is 2. The van der Waals surface area contributed by atoms with Gasteiger partial charge in [0.15, 0.2) is 0 Å². The first-order chi connectivity index (χ1) is 10.3. The summed E-state index contributed by atoms with van der Waals surface area (Å²) in [5.74, 6) is -1.64. The number of nitrogens with one attached hydrogen (secondary N) is 1. The molecule has 0 aliphatic heterocycles. The van der Waals surface area contributed by atoms with Crippen molar-refractivity contribution in [3.63, 3.8) is 0 Å². The van der Waals surface area contributed by atoms with E-state index in [1.54, 1.807) is 13.0 Å². The molecule has 1 rings (SSSR count). The van der Waals surface area contributed by atoms with Gasteiger partial charge in [0.1, 0.15) is 6.04 Å². The summed E-state index contributed by atoms with van der Waals surface area (Å²) in [7, 11) is 0. The topological polar surface area (TPSA) is 139 Å². The molecule has 0 aromatic heterocycles. The number of rotatable bonds is 7. The average Bonchev–Trinajstić information content (AvgIpc) is 2.44. The lowest BCUT2D eigenvalue weighted by molar-refractivity contribution is -0.384. The Bertz CT molecular complexity index is 624. The van der Waals surface area contributed by atoms with Crippen LogP contribution in [0.2, 0.25) is 0 Å². The molecule has 2 amide bonds. The largest absolute Gasteiger partial charge is 0.368 e. The van der Waals surface area contributed by atoms with Crippen LogP contribution >= 0.6 is 0 Å². The Hall–Kier alpha value is -2.95. The zero-order valence-electron chi connectivity index (χ0n) is 12.0. The Labute approximate surface area is 127 Å². The van der Waals surface area contributed by atoms with Crippen molar-refractivity contribution in [2.24, 2.45) is 11.7 Å². The highest BCUT2D eigenvalue weighted by atomic mass is 16.6. The highest BCUT2D eigenvalue weighted by molar-refractivity contribution is 5.87. The maximum atomic E-state index is 11.9. The summed E-state index contributed by atoms with van der Waals surface area (Å²) in [6.07, 6.45) is -0.0462. The second-order valence-corrected chi connectivity index (χ2v) is 4.89. The van der Waals surface area contributed by atoms with Crippen LogP contribution in [0.25, 0.3) is 0 Å². The number of nitrogens with two attached hydrogens (primary N) is 1. The monoisotopic (exact) mass is 304 g/mol. The number of carbonyl (C=O) groups is 2. The van der Waals surface area contributed by atoms with Gasteiger partial charge >= 0.3 is 0 Å². The number of nitro benzene ring substituents is 1. The fourth-order valence-electron chi connectivity index (χ4n) is 1.95. The molecule has 3 N–H and O–H groups in total. The minimum absolute atomic E-state index is 0.0741. The van der Waals surface area contributed by atoms with Crippen LogP contribution < -0.4 is 11.1 Å². The molecule has 1 aromatic rings. The van der Waals surface area contributed by atoms with Crippen LogP contribution in [0.15, 0.2) is 24.3 Å². The number of non-ortho nitro benzene ring substituents is 1. The van der Waals surface area contributed by atoms with Crippen molar-refractivity contribution < 1.29 is 14.5 Å². The molecule has 0 saturated heterocycles. The van der Waals surface area contributed by atoms with E-state index < -0.39 is 28.7 Å². The first-order valence-corrected chi connectivity index (χ1v) is 6.54. The van der Waals surface area contributed by atoms with E-state index in [1.807, 2.05) is 6.07 Å². The Morgan fingerprint density at radius 2 is 2.18 bits per heavy atom. The van der Waals surface area contributed by atoms with Gasteiger partial charge in [-0.2, -0.15) is 5.26 Å². The molecular formula is C14H16N4O4. The van der Waals surface area contributed by atoms with Crippen molar-refractivity contribution >= 4 is 17.5 Å². The molecule has 0 unspecified atom stereocenters. The van der Waals surface area contributed by atoms with Gasteiger partial charge in [0, 0.05) is 18.6 Å². The van der Waals surface area contributed by atoms with Gasteiger partial charge in [-0.3, -0.25) is 19.7 Å². The average molecular weight is 304 g/mol. The summed E-state index contributed by atoms with van der Waals surface area (Å²) in [6, 6.07) is 6.62. The molecule has 0 bridgehead atoms. The Balaban J connectivity index is 2.76. The maximum Gasteiger partial charge on any atom is 0.269 e. The SMILES string of the molecule is C[C@H](CC#N)[C@@H](NC(=O)Cc1cccc([N+](=O)[O-])c1)C(N)=O. The minimum atomic E-state index is -0.953. The highest BCUT2D eigenvalue weighted by Crippen LogP contribution is 2.14.